The van der Waals surface area contributed by atoms with Crippen molar-refractivity contribution < 1.29 is 28.2 Å². The Balaban J connectivity index is 0.000000426. The summed E-state index contributed by atoms with van der Waals surface area (Å²) in [6.07, 6.45) is 1.81. The van der Waals surface area contributed by atoms with Crippen molar-refractivity contribution in [2.75, 3.05) is 26.9 Å². The van der Waals surface area contributed by atoms with Gasteiger partial charge in [-0.1, -0.05) is 29.4 Å². The van der Waals surface area contributed by atoms with E-state index in [9.17, 15) is 8.78 Å². The van der Waals surface area contributed by atoms with Gasteiger partial charge in [-0.3, -0.25) is 0 Å². The molecule has 0 saturated heterocycles. The Morgan fingerprint density at radius 1 is 1.40 bits per heavy atom. The lowest BCUT2D eigenvalue weighted by Crippen LogP contribution is -2.24. The molecular weight excluding hydrogens is 440 g/mol. The predicted molar refractivity (Wildman–Crippen MR) is 114 cm³/mol. The molecule has 0 bridgehead atoms. The summed E-state index contributed by atoms with van der Waals surface area (Å²) in [6, 6.07) is 1.86. The standard InChI is InChI=1S/C13H13ClF2N2O2S.C4H11NO.C2H4O/c14-8-4-9-12(21-13(17-9)20-6-10(15)16)18-11(8)19-5-7-2-1-3-7;1-4(3-6)5-2;1-2-3/h4,7,10H,1-3,5-6H2;4-6H,3H2,1-2H3;2H,1H3. The van der Waals surface area contributed by atoms with Crippen LogP contribution < -0.4 is 14.8 Å². The number of alkyl halides is 2. The number of aliphatic hydroxyl groups is 1. The van der Waals surface area contributed by atoms with Crippen molar-refractivity contribution in [3.8, 4) is 11.1 Å². The van der Waals surface area contributed by atoms with Crippen LogP contribution in [0, 0.1) is 5.92 Å². The molecule has 1 atom stereocenters. The van der Waals surface area contributed by atoms with E-state index in [1.165, 1.54) is 26.2 Å². The average Bonchev–Trinajstić information content (AvgIpc) is 3.07. The third-order valence-electron chi connectivity index (χ3n) is 4.07. The highest BCUT2D eigenvalue weighted by Gasteiger charge is 2.19. The topological polar surface area (TPSA) is 93.6 Å². The van der Waals surface area contributed by atoms with Crippen molar-refractivity contribution in [2.24, 2.45) is 5.92 Å². The summed E-state index contributed by atoms with van der Waals surface area (Å²) in [4.78, 5) is 17.7. The minimum Gasteiger partial charge on any atom is -0.476 e. The largest absolute Gasteiger partial charge is 0.476 e. The number of thiazole rings is 1. The van der Waals surface area contributed by atoms with Crippen molar-refractivity contribution >= 4 is 39.6 Å². The maximum atomic E-state index is 12.1. The average molecular weight is 468 g/mol. The number of nitrogens with one attached hydrogen (secondary N) is 1. The number of aldehydes is 1. The molecule has 0 aliphatic heterocycles. The van der Waals surface area contributed by atoms with Crippen LogP contribution in [0.2, 0.25) is 5.02 Å². The van der Waals surface area contributed by atoms with Gasteiger partial charge in [0, 0.05) is 6.04 Å². The Labute approximate surface area is 183 Å². The molecule has 1 aliphatic rings. The van der Waals surface area contributed by atoms with Gasteiger partial charge >= 0.3 is 0 Å². The molecule has 11 heteroatoms. The van der Waals surface area contributed by atoms with E-state index in [2.05, 4.69) is 15.3 Å². The first-order valence-corrected chi connectivity index (χ1v) is 10.7. The fourth-order valence-corrected chi connectivity index (χ4v) is 3.02. The van der Waals surface area contributed by atoms with E-state index < -0.39 is 13.0 Å². The third kappa shape index (κ3) is 9.46. The van der Waals surface area contributed by atoms with E-state index in [0.717, 1.165) is 17.6 Å². The monoisotopic (exact) mass is 467 g/mol. The number of likely N-dealkylation sites (N-methyl/N-ethyl adjacent to an activating group) is 1. The molecule has 0 radical (unpaired) electrons. The Morgan fingerprint density at radius 3 is 2.53 bits per heavy atom. The number of hydrogen-bond donors (Lipinski definition) is 2. The molecule has 2 heterocycles. The summed E-state index contributed by atoms with van der Waals surface area (Å²) >= 11 is 7.20. The van der Waals surface area contributed by atoms with Crippen molar-refractivity contribution in [2.45, 2.75) is 45.6 Å². The van der Waals surface area contributed by atoms with Crippen LogP contribution in [0.3, 0.4) is 0 Å². The number of carbonyl (C=O) groups excluding carboxylic acids is 1. The lowest BCUT2D eigenvalue weighted by Gasteiger charge is -2.24. The van der Waals surface area contributed by atoms with Gasteiger partial charge in [-0.15, -0.1) is 0 Å². The number of carbonyl (C=O) groups is 1. The summed E-state index contributed by atoms with van der Waals surface area (Å²) in [5, 5.41) is 11.7. The predicted octanol–water partition coefficient (Wildman–Crippen LogP) is 3.96. The zero-order valence-corrected chi connectivity index (χ0v) is 18.8. The van der Waals surface area contributed by atoms with Gasteiger partial charge in [0.2, 0.25) is 5.88 Å². The Hall–Kier alpha value is -1.62. The van der Waals surface area contributed by atoms with E-state index in [4.69, 9.17) is 31.0 Å². The molecule has 3 rings (SSSR count). The van der Waals surface area contributed by atoms with Crippen molar-refractivity contribution in [3.63, 3.8) is 0 Å². The number of halogens is 3. The van der Waals surface area contributed by atoms with Crippen LogP contribution in [0.25, 0.3) is 10.3 Å². The first-order valence-electron chi connectivity index (χ1n) is 9.53. The molecule has 30 heavy (non-hydrogen) atoms. The maximum absolute atomic E-state index is 12.1. The highest BCUT2D eigenvalue weighted by atomic mass is 35.5. The lowest BCUT2D eigenvalue weighted by molar-refractivity contribution is -0.106. The normalized spacial score (nSPS) is 14.1. The minimum atomic E-state index is -2.53. The lowest BCUT2D eigenvalue weighted by atomic mass is 9.86. The van der Waals surface area contributed by atoms with E-state index in [0.29, 0.717) is 33.8 Å². The Bertz CT molecular complexity index is 759. The van der Waals surface area contributed by atoms with Crippen LogP contribution in [0.4, 0.5) is 8.78 Å². The summed E-state index contributed by atoms with van der Waals surface area (Å²) in [5.41, 5.74) is 0.519. The number of ether oxygens (including phenoxy) is 2. The second kappa shape index (κ2) is 14.4. The summed E-state index contributed by atoms with van der Waals surface area (Å²) in [5.74, 6) is 0.935. The molecule has 0 amide bonds. The number of aliphatic hydroxyl groups excluding tert-OH is 1. The van der Waals surface area contributed by atoms with E-state index in [1.54, 1.807) is 6.07 Å². The van der Waals surface area contributed by atoms with Gasteiger partial charge in [0.15, 0.2) is 11.4 Å². The Kier molecular flexibility index (Phi) is 12.7. The van der Waals surface area contributed by atoms with Crippen LogP contribution in [0.1, 0.15) is 33.1 Å². The second-order valence-corrected chi connectivity index (χ2v) is 7.84. The number of aromatic nitrogens is 2. The van der Waals surface area contributed by atoms with Gasteiger partial charge in [0.1, 0.15) is 16.8 Å². The Morgan fingerprint density at radius 2 is 2.07 bits per heavy atom. The molecule has 1 saturated carbocycles. The van der Waals surface area contributed by atoms with Gasteiger partial charge in [0.25, 0.3) is 11.6 Å². The van der Waals surface area contributed by atoms with Gasteiger partial charge in [-0.25, -0.2) is 13.8 Å². The summed E-state index contributed by atoms with van der Waals surface area (Å²) in [7, 11) is 1.82. The van der Waals surface area contributed by atoms with Crippen LogP contribution in [0.15, 0.2) is 6.07 Å². The minimum absolute atomic E-state index is 0.157. The molecule has 2 aromatic heterocycles. The fourth-order valence-electron chi connectivity index (χ4n) is 2.05. The molecule has 2 N–H and O–H groups in total. The van der Waals surface area contributed by atoms with Gasteiger partial charge in [0.05, 0.1) is 13.2 Å². The number of fused-ring (bicyclic) bond motifs is 1. The molecule has 2 aromatic rings. The number of hydrogen-bond acceptors (Lipinski definition) is 8. The van der Waals surface area contributed by atoms with Crippen molar-refractivity contribution in [3.05, 3.63) is 11.1 Å². The van der Waals surface area contributed by atoms with Crippen molar-refractivity contribution in [1.29, 1.82) is 0 Å². The SMILES string of the molecule is CC=O.CNC(C)CO.FC(F)COc1nc2cc(Cl)c(OCC3CCC3)nc2s1. The van der Waals surface area contributed by atoms with Gasteiger partial charge in [-0.2, -0.15) is 4.98 Å². The maximum Gasteiger partial charge on any atom is 0.276 e. The van der Waals surface area contributed by atoms with Crippen LogP contribution >= 0.6 is 22.9 Å². The van der Waals surface area contributed by atoms with E-state index in [-0.39, 0.29) is 17.8 Å². The molecule has 1 fully saturated rings. The molecule has 170 valence electrons. The van der Waals surface area contributed by atoms with E-state index in [1.807, 2.05) is 14.0 Å². The van der Waals surface area contributed by atoms with Gasteiger partial charge < -0.3 is 24.7 Å². The quantitative estimate of drug-likeness (QED) is 0.567. The highest BCUT2D eigenvalue weighted by molar-refractivity contribution is 7.19. The third-order valence-corrected chi connectivity index (χ3v) is 5.21. The zero-order chi connectivity index (χ0) is 22.5. The van der Waals surface area contributed by atoms with E-state index >= 15 is 0 Å². The van der Waals surface area contributed by atoms with Crippen LogP contribution in [-0.4, -0.2) is 60.7 Å². The fraction of sp³-hybridized carbons (Fsp3) is 0.632. The summed E-state index contributed by atoms with van der Waals surface area (Å²) in [6.45, 7) is 3.50. The number of nitrogens with zero attached hydrogens (tertiary/aromatic N) is 2. The second-order valence-electron chi connectivity index (χ2n) is 6.50. The van der Waals surface area contributed by atoms with Gasteiger partial charge in [-0.05, 0) is 45.7 Å². The number of pyridine rings is 1. The molecule has 0 aromatic carbocycles. The molecule has 0 spiro atoms. The van der Waals surface area contributed by atoms with Crippen molar-refractivity contribution in [1.82, 2.24) is 15.3 Å². The molecular formula is C19H28ClF2N3O4S. The molecule has 7 nitrogen and oxygen atoms in total. The number of rotatable bonds is 8. The summed E-state index contributed by atoms with van der Waals surface area (Å²) < 4.78 is 34.8. The molecule has 1 unspecified atom stereocenters. The van der Waals surface area contributed by atoms with Crippen LogP contribution in [-0.2, 0) is 4.79 Å². The first-order chi connectivity index (χ1) is 14.3. The first kappa shape index (κ1) is 26.4. The zero-order valence-electron chi connectivity index (χ0n) is 17.2. The smallest absolute Gasteiger partial charge is 0.276 e. The highest BCUT2D eigenvalue weighted by Crippen LogP contribution is 2.34. The molecule has 1 aliphatic carbocycles. The van der Waals surface area contributed by atoms with Crippen LogP contribution in [0.5, 0.6) is 11.1 Å².